The molecule has 1 aromatic heterocycles. The number of hydrogen-bond donors (Lipinski definition) is 6. The zero-order chi connectivity index (χ0) is 37.6. The number of aromatic nitrogens is 2. The van der Waals surface area contributed by atoms with Crippen LogP contribution in [-0.4, -0.2) is 50.5 Å². The van der Waals surface area contributed by atoms with E-state index in [0.29, 0.717) is 53.2 Å². The SMILES string of the molecule is C.C=C(C)Cl.CC.Cc1ccc(N=C(N)/N=C(\N)N(CCC(C)(C)N)CC2=CC=C(n3cc(N)n(C(N)=Nc4ccc(Cl)cc4)c3=N)CC2)cc1. The van der Waals surface area contributed by atoms with Crippen LogP contribution in [0.15, 0.2) is 99.0 Å². The second-order valence-corrected chi connectivity index (χ2v) is 13.2. The normalized spacial score (nSPS) is 13.4. The maximum absolute atomic E-state index is 8.75. The molecule has 11 N–H and O–H groups in total. The highest BCUT2D eigenvalue weighted by Gasteiger charge is 2.19. The first-order chi connectivity index (χ1) is 23.5. The molecule has 1 aliphatic carbocycles. The molecule has 4 rings (SSSR count). The highest BCUT2D eigenvalue weighted by molar-refractivity contribution is 6.30. The number of nitrogens with one attached hydrogen (secondary N) is 1. The van der Waals surface area contributed by atoms with Gasteiger partial charge in [0.25, 0.3) is 0 Å². The Balaban J connectivity index is 0.00000173. The maximum atomic E-state index is 8.75. The Morgan fingerprint density at radius 2 is 1.53 bits per heavy atom. The van der Waals surface area contributed by atoms with Gasteiger partial charge in [-0.3, -0.25) is 9.98 Å². The van der Waals surface area contributed by atoms with Crippen molar-refractivity contribution in [1.82, 2.24) is 14.0 Å². The lowest BCUT2D eigenvalue weighted by molar-refractivity contribution is 0.366. The molecule has 12 nitrogen and oxygen atoms in total. The smallest absolute Gasteiger partial charge is 0.223 e. The minimum Gasteiger partial charge on any atom is -0.383 e. The number of rotatable bonds is 8. The monoisotopic (exact) mass is 738 g/mol. The Kier molecular flexibility index (Phi) is 18.0. The first-order valence-corrected chi connectivity index (χ1v) is 17.0. The fraction of sp³-hybridized carbons (Fsp3) is 0.351. The number of benzene rings is 2. The van der Waals surface area contributed by atoms with Crippen molar-refractivity contribution in [2.45, 2.75) is 73.8 Å². The van der Waals surface area contributed by atoms with Crippen molar-refractivity contribution in [2.24, 2.45) is 37.9 Å². The molecule has 3 aromatic rings. The van der Waals surface area contributed by atoms with Gasteiger partial charge in [0.1, 0.15) is 5.82 Å². The third kappa shape index (κ3) is 14.9. The summed E-state index contributed by atoms with van der Waals surface area (Å²) in [6.07, 6.45) is 7.77. The molecule has 0 saturated carbocycles. The molecule has 0 fully saturated rings. The molecule has 0 atom stereocenters. The van der Waals surface area contributed by atoms with Crippen molar-refractivity contribution in [3.05, 3.63) is 100 Å². The largest absolute Gasteiger partial charge is 0.383 e. The van der Waals surface area contributed by atoms with Crippen LogP contribution < -0.4 is 34.3 Å². The van der Waals surface area contributed by atoms with Gasteiger partial charge in [0, 0.05) is 34.4 Å². The minimum atomic E-state index is -0.388. The summed E-state index contributed by atoms with van der Waals surface area (Å²) in [4.78, 5) is 15.1. The van der Waals surface area contributed by atoms with Crippen LogP contribution in [-0.2, 0) is 0 Å². The Labute approximate surface area is 313 Å². The molecule has 2 aromatic carbocycles. The van der Waals surface area contributed by atoms with Crippen LogP contribution in [0.5, 0.6) is 0 Å². The number of anilines is 1. The van der Waals surface area contributed by atoms with Gasteiger partial charge in [-0.25, -0.2) is 14.6 Å². The molecule has 0 bridgehead atoms. The second-order valence-electron chi connectivity index (χ2n) is 12.1. The maximum Gasteiger partial charge on any atom is 0.223 e. The van der Waals surface area contributed by atoms with Crippen LogP contribution in [0, 0.1) is 12.3 Å². The van der Waals surface area contributed by atoms with Gasteiger partial charge in [0.2, 0.25) is 17.5 Å². The predicted octanol–water partition coefficient (Wildman–Crippen LogP) is 7.18. The van der Waals surface area contributed by atoms with E-state index >= 15 is 0 Å². The molecule has 1 heterocycles. The van der Waals surface area contributed by atoms with Gasteiger partial charge < -0.3 is 33.6 Å². The van der Waals surface area contributed by atoms with Crippen molar-refractivity contribution < 1.29 is 0 Å². The second kappa shape index (κ2) is 20.8. The van der Waals surface area contributed by atoms with E-state index in [9.17, 15) is 0 Å². The fourth-order valence-electron chi connectivity index (χ4n) is 4.55. The van der Waals surface area contributed by atoms with Crippen molar-refractivity contribution >= 4 is 64.0 Å². The summed E-state index contributed by atoms with van der Waals surface area (Å²) in [7, 11) is 0. The number of aliphatic imine (C=N–C) groups is 3. The zero-order valence-electron chi connectivity index (χ0n) is 29.9. The summed E-state index contributed by atoms with van der Waals surface area (Å²) in [6, 6.07) is 14.6. The highest BCUT2D eigenvalue weighted by atomic mass is 35.5. The van der Waals surface area contributed by atoms with Gasteiger partial charge >= 0.3 is 0 Å². The van der Waals surface area contributed by atoms with Gasteiger partial charge in [-0.1, -0.05) is 80.4 Å². The van der Waals surface area contributed by atoms with Gasteiger partial charge in [-0.15, -0.1) is 0 Å². The number of hydrogen-bond acceptors (Lipinski definition) is 5. The van der Waals surface area contributed by atoms with E-state index < -0.39 is 0 Å². The molecular formula is C37H56Cl2N12. The van der Waals surface area contributed by atoms with Crippen LogP contribution in [0.4, 0.5) is 17.2 Å². The lowest BCUT2D eigenvalue weighted by atomic mass is 10.00. The first kappa shape index (κ1) is 44.2. The van der Waals surface area contributed by atoms with Crippen LogP contribution in [0.25, 0.3) is 5.70 Å². The average molecular weight is 740 g/mol. The Bertz CT molecular complexity index is 1780. The lowest BCUT2D eigenvalue weighted by Gasteiger charge is -2.29. The van der Waals surface area contributed by atoms with Crippen LogP contribution in [0.2, 0.25) is 5.02 Å². The molecular weight excluding hydrogens is 683 g/mol. The number of imidazole rings is 1. The number of guanidine groups is 2. The van der Waals surface area contributed by atoms with Crippen LogP contribution in [0.1, 0.15) is 66.9 Å². The summed E-state index contributed by atoms with van der Waals surface area (Å²) >= 11 is 11.0. The summed E-state index contributed by atoms with van der Waals surface area (Å²) < 4.78 is 3.10. The number of aryl methyl sites for hydroxylation is 1. The van der Waals surface area contributed by atoms with E-state index in [1.165, 1.54) is 4.57 Å². The summed E-state index contributed by atoms with van der Waals surface area (Å²) in [6.45, 7) is 16.1. The van der Waals surface area contributed by atoms with E-state index in [0.717, 1.165) is 23.3 Å². The third-order valence-electron chi connectivity index (χ3n) is 7.03. The number of allylic oxidation sites excluding steroid dienone is 4. The van der Waals surface area contributed by atoms with Gasteiger partial charge in [-0.2, -0.15) is 4.99 Å². The molecule has 0 radical (unpaired) electrons. The molecule has 278 valence electrons. The third-order valence-corrected chi connectivity index (χ3v) is 7.28. The van der Waals surface area contributed by atoms with Crippen molar-refractivity contribution in [3.8, 4) is 0 Å². The van der Waals surface area contributed by atoms with E-state index in [1.54, 1.807) is 42.0 Å². The van der Waals surface area contributed by atoms with Gasteiger partial charge in [0.15, 0.2) is 5.96 Å². The number of halogens is 2. The number of nitrogens with two attached hydrogens (primary N) is 5. The van der Waals surface area contributed by atoms with Crippen molar-refractivity contribution in [1.29, 1.82) is 5.41 Å². The van der Waals surface area contributed by atoms with E-state index in [1.807, 2.05) is 75.9 Å². The minimum absolute atomic E-state index is 0. The Morgan fingerprint density at radius 3 is 2.06 bits per heavy atom. The van der Waals surface area contributed by atoms with Crippen molar-refractivity contribution in [2.75, 3.05) is 18.8 Å². The average Bonchev–Trinajstić information content (AvgIpc) is 3.35. The Hall–Kier alpha value is -4.78. The molecule has 1 aliphatic rings. The topological polar surface area (TPSA) is 204 Å². The van der Waals surface area contributed by atoms with Crippen molar-refractivity contribution in [3.63, 3.8) is 0 Å². The molecule has 0 amide bonds. The molecule has 0 aliphatic heterocycles. The molecule has 0 spiro atoms. The van der Waals surface area contributed by atoms with E-state index in [-0.39, 0.29) is 36.5 Å². The summed E-state index contributed by atoms with van der Waals surface area (Å²) in [5.41, 5.74) is 35.5. The Morgan fingerprint density at radius 1 is 0.980 bits per heavy atom. The van der Waals surface area contributed by atoms with Gasteiger partial charge in [0.05, 0.1) is 17.6 Å². The van der Waals surface area contributed by atoms with E-state index in [2.05, 4.69) is 21.6 Å². The van der Waals surface area contributed by atoms with Crippen LogP contribution in [0.3, 0.4) is 0 Å². The molecule has 0 unspecified atom stereocenters. The standard InChI is InChI=1S/C31H41ClN12.C3H5Cl.C2H6.CH4/c1-20-4-10-23(11-5-20)39-27(34)41-28(35)42(17-16-31(2,3)38)18-21-6-14-25(15-7-21)43-19-26(33)44(30(43)37)29(36)40-24-12-8-22(32)9-13-24;1-3(2)4;1-2;/h4-6,8-14,19,37H,7,15-18,33,38H2,1-3H3,(H2,36,40)(H4,34,35,39,41);1H2,2H3;1-2H3;1H4. The molecule has 14 heteroatoms. The number of nitrogen functional groups attached to an aromatic ring is 1. The first-order valence-electron chi connectivity index (χ1n) is 16.3. The van der Waals surface area contributed by atoms with E-state index in [4.69, 9.17) is 57.3 Å². The number of nitrogens with zero attached hydrogens (tertiary/aromatic N) is 6. The lowest BCUT2D eigenvalue weighted by Crippen LogP contribution is -2.44. The fourth-order valence-corrected chi connectivity index (χ4v) is 4.67. The highest BCUT2D eigenvalue weighted by Crippen LogP contribution is 2.24. The molecule has 0 saturated heterocycles. The predicted molar refractivity (Wildman–Crippen MR) is 220 cm³/mol. The quantitative estimate of drug-likeness (QED) is 0.104. The molecule has 51 heavy (non-hydrogen) atoms. The summed E-state index contributed by atoms with van der Waals surface area (Å²) in [5, 5.41) is 9.98. The summed E-state index contributed by atoms with van der Waals surface area (Å²) in [5.74, 6) is 0.718. The zero-order valence-corrected chi connectivity index (χ0v) is 31.4. The van der Waals surface area contributed by atoms with Gasteiger partial charge in [-0.05, 0) is 89.4 Å². The van der Waals surface area contributed by atoms with Crippen LogP contribution >= 0.6 is 23.2 Å².